The Morgan fingerprint density at radius 1 is 1.00 bits per heavy atom. The van der Waals surface area contributed by atoms with Gasteiger partial charge in [-0.3, -0.25) is 9.69 Å². The van der Waals surface area contributed by atoms with Gasteiger partial charge in [0.15, 0.2) is 5.76 Å². The van der Waals surface area contributed by atoms with E-state index in [4.69, 9.17) is 13.9 Å². The second-order valence-electron chi connectivity index (χ2n) is 8.62. The molecule has 2 aliphatic rings. The first-order valence-corrected chi connectivity index (χ1v) is 11.5. The Bertz CT molecular complexity index is 1270. The van der Waals surface area contributed by atoms with Gasteiger partial charge in [0, 0.05) is 44.2 Å². The van der Waals surface area contributed by atoms with Gasteiger partial charge in [-0.25, -0.2) is 9.99 Å². The third kappa shape index (κ3) is 3.97. The number of fused-ring (bicyclic) bond motifs is 1. The molecular weight excluding hydrogens is 430 g/mol. The number of piperazine rings is 1. The van der Waals surface area contributed by atoms with Gasteiger partial charge in [0.25, 0.3) is 5.91 Å². The first kappa shape index (κ1) is 20.7. The molecule has 6 rings (SSSR count). The second-order valence-corrected chi connectivity index (χ2v) is 8.62. The lowest BCUT2D eigenvalue weighted by atomic mass is 10.1. The summed E-state index contributed by atoms with van der Waals surface area (Å²) in [4.78, 5) is 22.3. The summed E-state index contributed by atoms with van der Waals surface area (Å²) < 4.78 is 11.7. The fourth-order valence-corrected chi connectivity index (χ4v) is 4.66. The van der Waals surface area contributed by atoms with Crippen molar-refractivity contribution in [3.8, 4) is 0 Å². The highest BCUT2D eigenvalue weighted by Gasteiger charge is 2.36. The zero-order valence-corrected chi connectivity index (χ0v) is 18.7. The standard InChI is InChI=1S/C26H25N5O3/c32-26(18-29-11-13-30(14-12-29)25-9-3-4-10-27-25)31-21(23-8-5-15-33-23)17-20(28-31)24-16-19-6-1-2-7-22(19)34-24/h1-10,15-16,21H,11-14,17-18H2. The van der Waals surface area contributed by atoms with Crippen molar-refractivity contribution in [1.29, 1.82) is 0 Å². The number of hydrogen-bond donors (Lipinski definition) is 0. The van der Waals surface area contributed by atoms with Crippen molar-refractivity contribution in [2.75, 3.05) is 37.6 Å². The molecule has 4 aromatic rings. The van der Waals surface area contributed by atoms with E-state index in [0.29, 0.717) is 18.7 Å². The van der Waals surface area contributed by atoms with Crippen LogP contribution >= 0.6 is 0 Å². The van der Waals surface area contributed by atoms with Crippen molar-refractivity contribution in [2.45, 2.75) is 12.5 Å². The summed E-state index contributed by atoms with van der Waals surface area (Å²) in [6, 6.07) is 19.3. The number of nitrogens with zero attached hydrogens (tertiary/aromatic N) is 5. The molecule has 34 heavy (non-hydrogen) atoms. The molecule has 0 N–H and O–H groups in total. The number of pyridine rings is 1. The van der Waals surface area contributed by atoms with E-state index in [1.165, 1.54) is 0 Å². The highest BCUT2D eigenvalue weighted by molar-refractivity contribution is 6.03. The van der Waals surface area contributed by atoms with Gasteiger partial charge in [0.2, 0.25) is 0 Å². The van der Waals surface area contributed by atoms with Gasteiger partial charge in [-0.15, -0.1) is 0 Å². The topological polar surface area (TPSA) is 78.3 Å². The molecule has 2 aliphatic heterocycles. The van der Waals surface area contributed by atoms with E-state index >= 15 is 0 Å². The summed E-state index contributed by atoms with van der Waals surface area (Å²) in [5, 5.41) is 7.31. The van der Waals surface area contributed by atoms with E-state index in [2.05, 4.69) is 14.8 Å². The van der Waals surface area contributed by atoms with Crippen LogP contribution in [0.5, 0.6) is 0 Å². The van der Waals surface area contributed by atoms with Crippen molar-refractivity contribution in [3.05, 3.63) is 84.6 Å². The Labute approximate surface area is 197 Å². The molecule has 0 saturated carbocycles. The molecule has 1 fully saturated rings. The van der Waals surface area contributed by atoms with Crippen molar-refractivity contribution < 1.29 is 13.6 Å². The number of carbonyl (C=O) groups excluding carboxylic acids is 1. The van der Waals surface area contributed by atoms with Gasteiger partial charge in [-0.2, -0.15) is 5.10 Å². The van der Waals surface area contributed by atoms with Crippen LogP contribution in [0.2, 0.25) is 0 Å². The molecule has 0 spiro atoms. The molecule has 1 aromatic carbocycles. The van der Waals surface area contributed by atoms with Gasteiger partial charge < -0.3 is 13.7 Å². The molecule has 3 aromatic heterocycles. The van der Waals surface area contributed by atoms with Crippen molar-refractivity contribution in [3.63, 3.8) is 0 Å². The van der Waals surface area contributed by atoms with E-state index in [0.717, 1.165) is 54.4 Å². The number of para-hydroxylation sites is 1. The molecule has 1 amide bonds. The largest absolute Gasteiger partial charge is 0.467 e. The Kier molecular flexibility index (Phi) is 5.35. The molecule has 1 saturated heterocycles. The van der Waals surface area contributed by atoms with E-state index in [1.807, 2.05) is 66.9 Å². The second kappa shape index (κ2) is 8.79. The average Bonchev–Trinajstić information content (AvgIpc) is 3.64. The monoisotopic (exact) mass is 455 g/mol. The fraction of sp³-hybridized carbons (Fsp3) is 0.269. The third-order valence-corrected chi connectivity index (χ3v) is 6.45. The molecule has 8 heteroatoms. The number of carbonyl (C=O) groups is 1. The van der Waals surface area contributed by atoms with Crippen LogP contribution in [0.3, 0.4) is 0 Å². The molecular formula is C26H25N5O3. The minimum atomic E-state index is -0.277. The summed E-state index contributed by atoms with van der Waals surface area (Å²) in [5.41, 5.74) is 1.57. The van der Waals surface area contributed by atoms with E-state index < -0.39 is 0 Å². The number of amides is 1. The minimum absolute atomic E-state index is 0.0428. The van der Waals surface area contributed by atoms with Crippen LogP contribution in [-0.2, 0) is 4.79 Å². The molecule has 8 nitrogen and oxygen atoms in total. The number of hydrogen-bond acceptors (Lipinski definition) is 7. The van der Waals surface area contributed by atoms with Gasteiger partial charge in [-0.05, 0) is 36.4 Å². The van der Waals surface area contributed by atoms with Crippen LogP contribution in [0.1, 0.15) is 24.0 Å². The van der Waals surface area contributed by atoms with Gasteiger partial charge in [-0.1, -0.05) is 24.3 Å². The molecule has 0 bridgehead atoms. The third-order valence-electron chi connectivity index (χ3n) is 6.45. The summed E-state index contributed by atoms with van der Waals surface area (Å²) >= 11 is 0. The zero-order valence-electron chi connectivity index (χ0n) is 18.7. The normalized spacial score (nSPS) is 19.1. The summed E-state index contributed by atoms with van der Waals surface area (Å²) in [6.45, 7) is 3.56. The minimum Gasteiger partial charge on any atom is -0.467 e. The van der Waals surface area contributed by atoms with Crippen molar-refractivity contribution in [1.82, 2.24) is 14.9 Å². The molecule has 172 valence electrons. The number of furan rings is 2. The maximum Gasteiger partial charge on any atom is 0.257 e. The SMILES string of the molecule is O=C(CN1CCN(c2ccccn2)CC1)N1N=C(c2cc3ccccc3o2)CC1c1ccco1. The molecule has 0 radical (unpaired) electrons. The van der Waals surface area contributed by atoms with Crippen LogP contribution in [0.4, 0.5) is 5.82 Å². The first-order chi connectivity index (χ1) is 16.7. The predicted octanol–water partition coefficient (Wildman–Crippen LogP) is 3.92. The number of benzene rings is 1. The Balaban J connectivity index is 1.18. The number of aromatic nitrogens is 1. The molecule has 0 aliphatic carbocycles. The van der Waals surface area contributed by atoms with Crippen LogP contribution in [0, 0.1) is 0 Å². The number of rotatable bonds is 5. The Hall–Kier alpha value is -3.91. The average molecular weight is 456 g/mol. The lowest BCUT2D eigenvalue weighted by Gasteiger charge is -2.35. The molecule has 1 unspecified atom stereocenters. The maximum absolute atomic E-state index is 13.4. The maximum atomic E-state index is 13.4. The van der Waals surface area contributed by atoms with Crippen LogP contribution in [-0.4, -0.2) is 59.2 Å². The van der Waals surface area contributed by atoms with Gasteiger partial charge in [0.1, 0.15) is 28.9 Å². The van der Waals surface area contributed by atoms with Crippen LogP contribution in [0.15, 0.2) is 87.1 Å². The first-order valence-electron chi connectivity index (χ1n) is 11.5. The zero-order chi connectivity index (χ0) is 22.9. The quantitative estimate of drug-likeness (QED) is 0.454. The molecule has 1 atom stereocenters. The van der Waals surface area contributed by atoms with E-state index in [9.17, 15) is 4.79 Å². The highest BCUT2D eigenvalue weighted by atomic mass is 16.3. The van der Waals surface area contributed by atoms with Crippen LogP contribution in [0.25, 0.3) is 11.0 Å². The van der Waals surface area contributed by atoms with Crippen molar-refractivity contribution in [2.24, 2.45) is 5.10 Å². The lowest BCUT2D eigenvalue weighted by molar-refractivity contribution is -0.134. The van der Waals surface area contributed by atoms with Gasteiger partial charge in [0.05, 0.1) is 12.8 Å². The smallest absolute Gasteiger partial charge is 0.257 e. The lowest BCUT2D eigenvalue weighted by Crippen LogP contribution is -2.49. The number of hydrazone groups is 1. The van der Waals surface area contributed by atoms with Crippen molar-refractivity contribution >= 4 is 28.4 Å². The summed E-state index contributed by atoms with van der Waals surface area (Å²) in [5.74, 6) is 2.35. The fourth-order valence-electron chi connectivity index (χ4n) is 4.66. The van der Waals surface area contributed by atoms with Crippen LogP contribution < -0.4 is 4.90 Å². The van der Waals surface area contributed by atoms with E-state index in [-0.39, 0.29) is 11.9 Å². The Morgan fingerprint density at radius 3 is 2.62 bits per heavy atom. The number of anilines is 1. The highest BCUT2D eigenvalue weighted by Crippen LogP contribution is 2.34. The van der Waals surface area contributed by atoms with Gasteiger partial charge >= 0.3 is 0 Å². The molecule has 5 heterocycles. The predicted molar refractivity (Wildman–Crippen MR) is 129 cm³/mol. The summed E-state index contributed by atoms with van der Waals surface area (Å²) in [6.07, 6.45) is 3.99. The Morgan fingerprint density at radius 2 is 1.85 bits per heavy atom. The van der Waals surface area contributed by atoms with E-state index in [1.54, 1.807) is 11.3 Å². The summed E-state index contributed by atoms with van der Waals surface area (Å²) in [7, 11) is 0.